The minimum absolute atomic E-state index is 0.0941. The van der Waals surface area contributed by atoms with Crippen LogP contribution in [-0.2, 0) is 19.1 Å². The lowest BCUT2D eigenvalue weighted by Crippen LogP contribution is -2.38. The van der Waals surface area contributed by atoms with Crippen molar-refractivity contribution in [1.29, 1.82) is 0 Å². The molecule has 3 atom stereocenters. The molecule has 0 saturated heterocycles. The Kier molecular flexibility index (Phi) is 13.3. The Hall–Kier alpha value is -1.71. The van der Waals surface area contributed by atoms with Gasteiger partial charge in [0.2, 0.25) is 0 Å². The van der Waals surface area contributed by atoms with E-state index in [9.17, 15) is 14.4 Å². The molecule has 0 amide bonds. The summed E-state index contributed by atoms with van der Waals surface area (Å²) >= 11 is 0. The van der Waals surface area contributed by atoms with Crippen LogP contribution >= 0.6 is 0 Å². The summed E-state index contributed by atoms with van der Waals surface area (Å²) in [7, 11) is 0. The highest BCUT2D eigenvalue weighted by atomic mass is 16.5. The molecular formula is C13H24O9. The molecule has 9 nitrogen and oxygen atoms in total. The van der Waals surface area contributed by atoms with Crippen molar-refractivity contribution in [2.24, 2.45) is 5.92 Å². The van der Waals surface area contributed by atoms with Gasteiger partial charge in [-0.15, -0.1) is 0 Å². The Balaban J connectivity index is 0. The van der Waals surface area contributed by atoms with Crippen molar-refractivity contribution in [2.45, 2.75) is 45.3 Å². The highest BCUT2D eigenvalue weighted by molar-refractivity contribution is 5.85. The number of hydrogen-bond donors (Lipinski definition) is 5. The molecule has 0 fully saturated rings. The first-order valence-corrected chi connectivity index (χ1v) is 6.75. The molecule has 3 unspecified atom stereocenters. The van der Waals surface area contributed by atoms with Gasteiger partial charge in [0, 0.05) is 6.61 Å². The quantitative estimate of drug-likeness (QED) is 0.342. The molecule has 0 aromatic carbocycles. The summed E-state index contributed by atoms with van der Waals surface area (Å²) in [6.45, 7) is 3.35. The number of rotatable bonds is 10. The number of ether oxygens (including phenoxy) is 1. The van der Waals surface area contributed by atoms with E-state index < -0.39 is 42.5 Å². The van der Waals surface area contributed by atoms with Crippen molar-refractivity contribution < 1.29 is 44.7 Å². The van der Waals surface area contributed by atoms with Gasteiger partial charge < -0.3 is 30.3 Å². The maximum Gasteiger partial charge on any atom is 0.333 e. The van der Waals surface area contributed by atoms with Gasteiger partial charge in [-0.05, 0) is 13.3 Å². The van der Waals surface area contributed by atoms with E-state index in [0.717, 1.165) is 6.42 Å². The summed E-state index contributed by atoms with van der Waals surface area (Å²) in [5.41, 5.74) is 0. The smallest absolute Gasteiger partial charge is 0.333 e. The van der Waals surface area contributed by atoms with Gasteiger partial charge in [-0.1, -0.05) is 13.3 Å². The number of aliphatic hydroxyl groups excluding tert-OH is 2. The minimum Gasteiger partial charge on any atom is -0.481 e. The van der Waals surface area contributed by atoms with Crippen molar-refractivity contribution in [3.63, 3.8) is 0 Å². The molecule has 0 aliphatic carbocycles. The van der Waals surface area contributed by atoms with Crippen LogP contribution in [0.3, 0.4) is 0 Å². The van der Waals surface area contributed by atoms with E-state index in [2.05, 4.69) is 0 Å². The second-order valence-electron chi connectivity index (χ2n) is 4.56. The Bertz CT molecular complexity index is 340. The van der Waals surface area contributed by atoms with Crippen LogP contribution in [-0.4, -0.2) is 68.9 Å². The van der Waals surface area contributed by atoms with Crippen LogP contribution in [0.1, 0.15) is 33.1 Å². The van der Waals surface area contributed by atoms with E-state index in [1.54, 1.807) is 0 Å². The highest BCUT2D eigenvalue weighted by Crippen LogP contribution is 2.14. The van der Waals surface area contributed by atoms with Crippen LogP contribution in [0.4, 0.5) is 0 Å². The van der Waals surface area contributed by atoms with Gasteiger partial charge in [-0.2, -0.15) is 0 Å². The lowest BCUT2D eigenvalue weighted by molar-refractivity contribution is -0.166. The van der Waals surface area contributed by atoms with Crippen molar-refractivity contribution in [3.05, 3.63) is 0 Å². The molecule has 9 heteroatoms. The molecule has 0 saturated carbocycles. The zero-order valence-corrected chi connectivity index (χ0v) is 12.6. The number of aliphatic hydroxyl groups is 2. The topological polar surface area (TPSA) is 162 Å². The molecule has 0 aliphatic rings. The molecule has 22 heavy (non-hydrogen) atoms. The summed E-state index contributed by atoms with van der Waals surface area (Å²) in [6.07, 6.45) is -1.62. The summed E-state index contributed by atoms with van der Waals surface area (Å²) in [5, 5.41) is 42.1. The average molecular weight is 324 g/mol. The zero-order valence-electron chi connectivity index (χ0n) is 12.6. The normalized spacial score (nSPS) is 14.2. The van der Waals surface area contributed by atoms with Gasteiger partial charge in [0.15, 0.2) is 6.10 Å². The first-order valence-electron chi connectivity index (χ1n) is 6.75. The lowest BCUT2D eigenvalue weighted by Gasteiger charge is -2.19. The first kappa shape index (κ1) is 22.6. The van der Waals surface area contributed by atoms with Crippen LogP contribution in [0.25, 0.3) is 0 Å². The third-order valence-electron chi connectivity index (χ3n) is 2.38. The molecule has 0 aromatic heterocycles. The first-order chi connectivity index (χ1) is 10.2. The molecule has 0 aliphatic heterocycles. The number of carbonyl (C=O) groups is 3. The fourth-order valence-corrected chi connectivity index (χ4v) is 1.23. The van der Waals surface area contributed by atoms with E-state index in [1.165, 1.54) is 6.92 Å². The number of carboxylic acids is 3. The molecule has 0 spiro atoms. The van der Waals surface area contributed by atoms with E-state index >= 15 is 0 Å². The predicted molar refractivity (Wildman–Crippen MR) is 74.4 cm³/mol. The summed E-state index contributed by atoms with van der Waals surface area (Å²) in [4.78, 5) is 32.1. The summed E-state index contributed by atoms with van der Waals surface area (Å²) in [6, 6.07) is 0. The van der Waals surface area contributed by atoms with Crippen LogP contribution in [0.5, 0.6) is 0 Å². The van der Waals surface area contributed by atoms with E-state index in [1.807, 2.05) is 6.92 Å². The van der Waals surface area contributed by atoms with Crippen molar-refractivity contribution in [1.82, 2.24) is 0 Å². The van der Waals surface area contributed by atoms with Crippen LogP contribution in [0.2, 0.25) is 0 Å². The Morgan fingerprint density at radius 1 is 1.09 bits per heavy atom. The molecule has 0 radical (unpaired) electrons. The monoisotopic (exact) mass is 324 g/mol. The number of hydrogen-bond acceptors (Lipinski definition) is 6. The second kappa shape index (κ2) is 13.0. The maximum atomic E-state index is 10.8. The molecule has 130 valence electrons. The van der Waals surface area contributed by atoms with Crippen LogP contribution in [0.15, 0.2) is 0 Å². The molecule has 0 bridgehead atoms. The van der Waals surface area contributed by atoms with E-state index in [-0.39, 0.29) is 13.2 Å². The number of unbranched alkanes of at least 4 members (excludes halogenated alkanes) is 1. The Labute approximate surface area is 128 Å². The standard InChI is InChI=1S/C10H16O7.C3H8O2/c1-2-3-4-17-8(10(15)16)6(9(13)14)5-7(11)12;1-3(5)2-4/h6,8H,2-5H2,1H3,(H,11,12)(H,13,14)(H,15,16);3-5H,2H2,1H3. The third-order valence-corrected chi connectivity index (χ3v) is 2.38. The van der Waals surface area contributed by atoms with Gasteiger partial charge in [0.1, 0.15) is 5.92 Å². The molecule has 0 rings (SSSR count). The lowest BCUT2D eigenvalue weighted by atomic mass is 9.98. The largest absolute Gasteiger partial charge is 0.481 e. The Morgan fingerprint density at radius 2 is 1.59 bits per heavy atom. The zero-order chi connectivity index (χ0) is 17.7. The fraction of sp³-hybridized carbons (Fsp3) is 0.769. The van der Waals surface area contributed by atoms with Crippen LogP contribution < -0.4 is 0 Å². The van der Waals surface area contributed by atoms with E-state index in [0.29, 0.717) is 6.42 Å². The van der Waals surface area contributed by atoms with E-state index in [4.69, 9.17) is 30.3 Å². The number of carboxylic acid groups (broad SMARTS) is 3. The number of aliphatic carboxylic acids is 3. The summed E-state index contributed by atoms with van der Waals surface area (Å²) in [5.74, 6) is -5.91. The average Bonchev–Trinajstić information content (AvgIpc) is 2.41. The van der Waals surface area contributed by atoms with Gasteiger partial charge in [0.05, 0.1) is 19.1 Å². The third kappa shape index (κ3) is 12.1. The fourth-order valence-electron chi connectivity index (χ4n) is 1.23. The molecular weight excluding hydrogens is 300 g/mol. The molecule has 0 heterocycles. The minimum atomic E-state index is -1.63. The van der Waals surface area contributed by atoms with Crippen LogP contribution in [0, 0.1) is 5.92 Å². The maximum absolute atomic E-state index is 10.8. The molecule has 0 aromatic rings. The van der Waals surface area contributed by atoms with Gasteiger partial charge in [-0.3, -0.25) is 9.59 Å². The van der Waals surface area contributed by atoms with Gasteiger partial charge in [0.25, 0.3) is 0 Å². The van der Waals surface area contributed by atoms with Crippen molar-refractivity contribution in [3.8, 4) is 0 Å². The Morgan fingerprint density at radius 3 is 1.86 bits per heavy atom. The molecule has 5 N–H and O–H groups in total. The van der Waals surface area contributed by atoms with Crippen molar-refractivity contribution in [2.75, 3.05) is 13.2 Å². The predicted octanol–water partition coefficient (Wildman–Crippen LogP) is -0.209. The summed E-state index contributed by atoms with van der Waals surface area (Å²) < 4.78 is 4.92. The van der Waals surface area contributed by atoms with Gasteiger partial charge >= 0.3 is 17.9 Å². The second-order valence-corrected chi connectivity index (χ2v) is 4.56. The van der Waals surface area contributed by atoms with Crippen molar-refractivity contribution >= 4 is 17.9 Å². The SMILES string of the molecule is CC(O)CO.CCCCOC(C(=O)O)C(CC(=O)O)C(=O)O. The highest BCUT2D eigenvalue weighted by Gasteiger charge is 2.36. The van der Waals surface area contributed by atoms with Gasteiger partial charge in [-0.25, -0.2) is 4.79 Å².